The molecule has 0 aliphatic carbocycles. The molecule has 162 valence electrons. The molecule has 1 N–H and O–H groups in total. The fraction of sp³-hybridized carbons (Fsp3) is 0.333. The molecule has 1 amide bonds. The second-order valence-electron chi connectivity index (χ2n) is 7.74. The van der Waals surface area contributed by atoms with Crippen LogP contribution in [0, 0.1) is 19.8 Å². The zero-order valence-corrected chi connectivity index (χ0v) is 19.5. The van der Waals surface area contributed by atoms with Crippen molar-refractivity contribution in [3.63, 3.8) is 0 Å². The van der Waals surface area contributed by atoms with Crippen molar-refractivity contribution in [2.75, 3.05) is 16.8 Å². The molecule has 7 heteroatoms. The van der Waals surface area contributed by atoms with Gasteiger partial charge in [0.1, 0.15) is 5.69 Å². The highest BCUT2D eigenvalue weighted by atomic mass is 32.1. The summed E-state index contributed by atoms with van der Waals surface area (Å²) >= 11 is 1.33. The van der Waals surface area contributed by atoms with E-state index < -0.39 is 0 Å². The van der Waals surface area contributed by atoms with Crippen LogP contribution in [0.25, 0.3) is 0 Å². The van der Waals surface area contributed by atoms with Gasteiger partial charge >= 0.3 is 0 Å². The smallest absolute Gasteiger partial charge is 0.226 e. The molecule has 0 spiro atoms. The van der Waals surface area contributed by atoms with Gasteiger partial charge in [-0.2, -0.15) is 4.37 Å². The Morgan fingerprint density at radius 3 is 2.48 bits per heavy atom. The van der Waals surface area contributed by atoms with Gasteiger partial charge in [-0.1, -0.05) is 44.2 Å². The SMILES string of the molecule is CCN(Cc1ccccc1)c1ccc(N=Nc2snc(C)c2C)c(NC(=O)C(C)C)c1. The number of hydrogen-bond donors (Lipinski definition) is 1. The van der Waals surface area contributed by atoms with Crippen molar-refractivity contribution in [3.05, 3.63) is 65.4 Å². The van der Waals surface area contributed by atoms with Crippen LogP contribution in [-0.2, 0) is 11.3 Å². The van der Waals surface area contributed by atoms with Gasteiger partial charge in [0.25, 0.3) is 0 Å². The third-order valence-corrected chi connectivity index (χ3v) is 6.03. The van der Waals surface area contributed by atoms with E-state index in [0.29, 0.717) is 11.4 Å². The van der Waals surface area contributed by atoms with E-state index in [4.69, 9.17) is 0 Å². The van der Waals surface area contributed by atoms with Crippen LogP contribution in [0.3, 0.4) is 0 Å². The number of nitrogens with one attached hydrogen (secondary N) is 1. The molecule has 0 fully saturated rings. The Hall–Kier alpha value is -3.06. The number of aromatic nitrogens is 1. The average Bonchev–Trinajstić information content (AvgIpc) is 3.09. The minimum atomic E-state index is -0.133. The topological polar surface area (TPSA) is 70.0 Å². The second-order valence-corrected chi connectivity index (χ2v) is 8.50. The molecule has 2 aromatic carbocycles. The van der Waals surface area contributed by atoms with E-state index in [-0.39, 0.29) is 11.8 Å². The lowest BCUT2D eigenvalue weighted by molar-refractivity contribution is -0.118. The lowest BCUT2D eigenvalue weighted by Crippen LogP contribution is -2.22. The van der Waals surface area contributed by atoms with Crippen molar-refractivity contribution in [1.82, 2.24) is 4.37 Å². The molecule has 0 aliphatic rings. The van der Waals surface area contributed by atoms with Gasteiger partial charge in [0, 0.05) is 30.3 Å². The maximum Gasteiger partial charge on any atom is 0.226 e. The number of amides is 1. The molecule has 0 saturated heterocycles. The molecule has 0 saturated carbocycles. The zero-order valence-electron chi connectivity index (χ0n) is 18.7. The van der Waals surface area contributed by atoms with Gasteiger partial charge in [-0.25, -0.2) is 0 Å². The number of carbonyl (C=O) groups excluding carboxylic acids is 1. The van der Waals surface area contributed by atoms with Crippen LogP contribution in [0.2, 0.25) is 0 Å². The van der Waals surface area contributed by atoms with Crippen molar-refractivity contribution >= 4 is 39.5 Å². The van der Waals surface area contributed by atoms with Crippen LogP contribution >= 0.6 is 11.5 Å². The summed E-state index contributed by atoms with van der Waals surface area (Å²) in [6.07, 6.45) is 0. The van der Waals surface area contributed by atoms with Crippen LogP contribution < -0.4 is 10.2 Å². The molecule has 3 aromatic rings. The third-order valence-electron chi connectivity index (χ3n) is 5.11. The fourth-order valence-electron chi connectivity index (χ4n) is 2.97. The number of azo groups is 1. The molecule has 3 rings (SSSR count). The van der Waals surface area contributed by atoms with E-state index in [1.807, 2.05) is 64.1 Å². The Labute approximate surface area is 188 Å². The maximum absolute atomic E-state index is 12.4. The molecule has 0 unspecified atom stereocenters. The number of rotatable bonds is 8. The van der Waals surface area contributed by atoms with Crippen LogP contribution in [0.5, 0.6) is 0 Å². The summed E-state index contributed by atoms with van der Waals surface area (Å²) in [7, 11) is 0. The third kappa shape index (κ3) is 5.76. The summed E-state index contributed by atoms with van der Waals surface area (Å²) in [4.78, 5) is 14.7. The predicted octanol–water partition coefficient (Wildman–Crippen LogP) is 6.80. The quantitative estimate of drug-likeness (QED) is 0.396. The molecule has 1 heterocycles. The number of nitrogens with zero attached hydrogens (tertiary/aromatic N) is 4. The molecular weight excluding hydrogens is 406 g/mol. The summed E-state index contributed by atoms with van der Waals surface area (Å²) in [6, 6.07) is 16.3. The highest BCUT2D eigenvalue weighted by molar-refractivity contribution is 7.10. The van der Waals surface area contributed by atoms with Gasteiger partial charge in [-0.05, 0) is 56.1 Å². The Kier molecular flexibility index (Phi) is 7.52. The van der Waals surface area contributed by atoms with Crippen molar-refractivity contribution in [2.45, 2.75) is 41.2 Å². The normalized spacial score (nSPS) is 11.3. The molecule has 0 atom stereocenters. The molecular formula is C24H29N5OS. The lowest BCUT2D eigenvalue weighted by Gasteiger charge is -2.24. The van der Waals surface area contributed by atoms with Crippen molar-refractivity contribution in [3.8, 4) is 0 Å². The zero-order chi connectivity index (χ0) is 22.4. The number of benzene rings is 2. The van der Waals surface area contributed by atoms with Crippen LogP contribution in [-0.4, -0.2) is 16.8 Å². The van der Waals surface area contributed by atoms with Crippen LogP contribution in [0.15, 0.2) is 58.8 Å². The van der Waals surface area contributed by atoms with E-state index >= 15 is 0 Å². The molecule has 0 aliphatic heterocycles. The summed E-state index contributed by atoms with van der Waals surface area (Å²) in [5, 5.41) is 12.6. The molecule has 0 radical (unpaired) electrons. The van der Waals surface area contributed by atoms with Gasteiger partial charge < -0.3 is 10.2 Å². The average molecular weight is 436 g/mol. The molecule has 0 bridgehead atoms. The first-order chi connectivity index (χ1) is 14.9. The summed E-state index contributed by atoms with van der Waals surface area (Å²) < 4.78 is 4.32. The Morgan fingerprint density at radius 2 is 1.87 bits per heavy atom. The predicted molar refractivity (Wildman–Crippen MR) is 129 cm³/mol. The summed E-state index contributed by atoms with van der Waals surface area (Å²) in [5.74, 6) is -0.184. The number of aryl methyl sites for hydroxylation is 1. The van der Waals surface area contributed by atoms with Gasteiger partial charge in [0.05, 0.1) is 11.4 Å². The first-order valence-electron chi connectivity index (χ1n) is 10.5. The van der Waals surface area contributed by atoms with E-state index in [0.717, 1.165) is 35.0 Å². The molecule has 6 nitrogen and oxygen atoms in total. The van der Waals surface area contributed by atoms with E-state index in [1.54, 1.807) is 0 Å². The van der Waals surface area contributed by atoms with Gasteiger partial charge in [0.15, 0.2) is 5.00 Å². The Bertz CT molecular complexity index is 1060. The summed E-state index contributed by atoms with van der Waals surface area (Å²) in [5.41, 5.74) is 5.52. The monoisotopic (exact) mass is 435 g/mol. The second kappa shape index (κ2) is 10.3. The van der Waals surface area contributed by atoms with Crippen molar-refractivity contribution < 1.29 is 4.79 Å². The van der Waals surface area contributed by atoms with Crippen LogP contribution in [0.4, 0.5) is 22.1 Å². The minimum absolute atomic E-state index is 0.0514. The molecule has 1 aromatic heterocycles. The van der Waals surface area contributed by atoms with Crippen LogP contribution in [0.1, 0.15) is 37.6 Å². The maximum atomic E-state index is 12.4. The molecule has 31 heavy (non-hydrogen) atoms. The highest BCUT2D eigenvalue weighted by Crippen LogP contribution is 2.34. The van der Waals surface area contributed by atoms with Crippen molar-refractivity contribution in [1.29, 1.82) is 0 Å². The first kappa shape index (κ1) is 22.6. The highest BCUT2D eigenvalue weighted by Gasteiger charge is 2.14. The van der Waals surface area contributed by atoms with Gasteiger partial charge in [-0.3, -0.25) is 4.79 Å². The number of hydrogen-bond acceptors (Lipinski definition) is 6. The Morgan fingerprint density at radius 1 is 1.13 bits per heavy atom. The number of anilines is 2. The first-order valence-corrected chi connectivity index (χ1v) is 11.2. The Balaban J connectivity index is 1.93. The number of carbonyl (C=O) groups is 1. The largest absolute Gasteiger partial charge is 0.367 e. The van der Waals surface area contributed by atoms with E-state index in [2.05, 4.69) is 43.9 Å². The standard InChI is InChI=1S/C24H29N5OS/c1-6-29(15-19-10-8-7-9-11-19)20-12-13-21(22(14-20)25-23(30)16(2)3)26-27-24-17(4)18(5)28-31-24/h7-14,16H,6,15H2,1-5H3,(H,25,30). The lowest BCUT2D eigenvalue weighted by atomic mass is 10.1. The van der Waals surface area contributed by atoms with Gasteiger partial charge in [0.2, 0.25) is 5.91 Å². The van der Waals surface area contributed by atoms with E-state index in [9.17, 15) is 4.79 Å². The van der Waals surface area contributed by atoms with Crippen molar-refractivity contribution in [2.24, 2.45) is 16.1 Å². The fourth-order valence-corrected chi connectivity index (χ4v) is 3.69. The van der Waals surface area contributed by atoms with Gasteiger partial charge in [-0.15, -0.1) is 10.2 Å². The minimum Gasteiger partial charge on any atom is -0.367 e. The summed E-state index contributed by atoms with van der Waals surface area (Å²) in [6.45, 7) is 11.4. The van der Waals surface area contributed by atoms with E-state index in [1.165, 1.54) is 17.1 Å².